The van der Waals surface area contributed by atoms with E-state index in [1.54, 1.807) is 0 Å². The van der Waals surface area contributed by atoms with Gasteiger partial charge in [-0.25, -0.2) is 8.93 Å². The van der Waals surface area contributed by atoms with Gasteiger partial charge in [0, 0.05) is 18.9 Å². The van der Waals surface area contributed by atoms with Gasteiger partial charge in [0.05, 0.1) is 11.0 Å². The van der Waals surface area contributed by atoms with Crippen LogP contribution in [0.15, 0.2) is 0 Å². The van der Waals surface area contributed by atoms with Gasteiger partial charge in [0.25, 0.3) is 0 Å². The predicted octanol–water partition coefficient (Wildman–Crippen LogP) is 0.334. The van der Waals surface area contributed by atoms with Crippen LogP contribution in [0.3, 0.4) is 0 Å². The van der Waals surface area contributed by atoms with Crippen LogP contribution >= 0.6 is 0 Å². The third-order valence-corrected chi connectivity index (χ3v) is 2.72. The smallest absolute Gasteiger partial charge is 0.229 e. The highest BCUT2D eigenvalue weighted by atomic mass is 32.2. The zero-order chi connectivity index (χ0) is 8.53. The van der Waals surface area contributed by atoms with Crippen molar-refractivity contribution < 1.29 is 8.63 Å². The molecule has 0 aliphatic carbocycles. The van der Waals surface area contributed by atoms with E-state index >= 15 is 0 Å². The molecule has 0 aliphatic rings. The van der Waals surface area contributed by atoms with Gasteiger partial charge in [0.2, 0.25) is 9.76 Å². The number of hydrogen-bond acceptors (Lipinski definition) is 2. The lowest BCUT2D eigenvalue weighted by Gasteiger charge is -2.02. The molecule has 11 heavy (non-hydrogen) atoms. The molecular formula is C6H15NO2SSi. The maximum atomic E-state index is 10.8. The summed E-state index contributed by atoms with van der Waals surface area (Å²) >= 11 is 0. The summed E-state index contributed by atoms with van der Waals surface area (Å²) in [6.45, 7) is 5.32. The van der Waals surface area contributed by atoms with E-state index in [9.17, 15) is 4.21 Å². The van der Waals surface area contributed by atoms with Gasteiger partial charge in [-0.2, -0.15) is 0 Å². The Kier molecular flexibility index (Phi) is 8.60. The lowest BCUT2D eigenvalue weighted by molar-refractivity contribution is 0.342. The second-order valence-corrected chi connectivity index (χ2v) is 4.72. The highest BCUT2D eigenvalue weighted by Gasteiger charge is 1.92. The summed E-state index contributed by atoms with van der Waals surface area (Å²) in [5, 5.41) is 0. The Hall–Kier alpha value is 0.287. The van der Waals surface area contributed by atoms with Crippen LogP contribution in [0.4, 0.5) is 0 Å². The molecule has 0 aromatic heterocycles. The third-order valence-electron chi connectivity index (χ3n) is 0.976. The monoisotopic (exact) mass is 193 g/mol. The minimum absolute atomic E-state index is 0.580. The maximum Gasteiger partial charge on any atom is 0.229 e. The molecule has 0 heterocycles. The first-order valence-electron chi connectivity index (χ1n) is 3.77. The predicted molar refractivity (Wildman–Crippen MR) is 48.9 cm³/mol. The van der Waals surface area contributed by atoms with Crippen LogP contribution < -0.4 is 4.72 Å². The van der Waals surface area contributed by atoms with Crippen molar-refractivity contribution in [2.45, 2.75) is 19.9 Å². The molecule has 0 bridgehead atoms. The van der Waals surface area contributed by atoms with Crippen molar-refractivity contribution in [3.8, 4) is 0 Å². The van der Waals surface area contributed by atoms with E-state index in [-0.39, 0.29) is 0 Å². The second kappa shape index (κ2) is 8.38. The average Bonchev–Trinajstić information content (AvgIpc) is 2.04. The molecule has 0 fully saturated rings. The molecule has 66 valence electrons. The topological polar surface area (TPSA) is 38.3 Å². The highest BCUT2D eigenvalue weighted by molar-refractivity contribution is 7.82. The Labute approximate surface area is 73.4 Å². The fourth-order valence-corrected chi connectivity index (χ4v) is 1.45. The average molecular weight is 193 g/mol. The zero-order valence-electron chi connectivity index (χ0n) is 7.05. The Morgan fingerprint density at radius 3 is 2.82 bits per heavy atom. The Morgan fingerprint density at radius 2 is 2.27 bits per heavy atom. The van der Waals surface area contributed by atoms with E-state index in [0.29, 0.717) is 28.7 Å². The Morgan fingerprint density at radius 1 is 1.55 bits per heavy atom. The molecular weight excluding hydrogens is 178 g/mol. The van der Waals surface area contributed by atoms with Crippen molar-refractivity contribution in [1.82, 2.24) is 4.72 Å². The van der Waals surface area contributed by atoms with Gasteiger partial charge in [-0.1, -0.05) is 13.8 Å². The molecule has 1 unspecified atom stereocenters. The van der Waals surface area contributed by atoms with Crippen LogP contribution in [-0.4, -0.2) is 32.9 Å². The Balaban J connectivity index is 2.95. The first kappa shape index (κ1) is 11.3. The van der Waals surface area contributed by atoms with E-state index < -0.39 is 11.0 Å². The van der Waals surface area contributed by atoms with E-state index in [0.717, 1.165) is 6.04 Å². The summed E-state index contributed by atoms with van der Waals surface area (Å²) in [5.41, 5.74) is 0. The molecule has 1 N–H and O–H groups in total. The summed E-state index contributed by atoms with van der Waals surface area (Å²) in [5.74, 6) is 0.663. The van der Waals surface area contributed by atoms with E-state index in [1.165, 1.54) is 0 Å². The molecule has 0 aromatic rings. The molecule has 1 atom stereocenters. The van der Waals surface area contributed by atoms with Crippen molar-refractivity contribution >= 4 is 20.7 Å². The Bertz CT molecular complexity index is 113. The second-order valence-electron chi connectivity index (χ2n) is 1.87. The van der Waals surface area contributed by atoms with E-state index in [2.05, 4.69) is 11.6 Å². The molecule has 5 heteroatoms. The molecule has 0 aliphatic heterocycles. The molecule has 0 rings (SSSR count). The highest BCUT2D eigenvalue weighted by Crippen LogP contribution is 1.77. The van der Waals surface area contributed by atoms with Gasteiger partial charge in [0.1, 0.15) is 0 Å². The minimum Gasteiger partial charge on any atom is -0.416 e. The zero-order valence-corrected chi connectivity index (χ0v) is 8.87. The van der Waals surface area contributed by atoms with Crippen LogP contribution in [0.5, 0.6) is 0 Å². The minimum atomic E-state index is -0.859. The quantitative estimate of drug-likeness (QED) is 0.467. The standard InChI is InChI=1S/C6H15NO2SSi/c1-3-10(8)7-5-6-9-11-4-2/h7H,3-6H2,1-2H3. The molecule has 0 saturated heterocycles. The van der Waals surface area contributed by atoms with Crippen molar-refractivity contribution in [3.05, 3.63) is 0 Å². The first-order valence-corrected chi connectivity index (χ1v) is 6.21. The fourth-order valence-electron chi connectivity index (χ4n) is 0.483. The number of hydrogen-bond donors (Lipinski definition) is 1. The molecule has 2 radical (unpaired) electrons. The summed E-state index contributed by atoms with van der Waals surface area (Å²) < 4.78 is 18.8. The van der Waals surface area contributed by atoms with Gasteiger partial charge >= 0.3 is 0 Å². The van der Waals surface area contributed by atoms with Crippen LogP contribution in [0.2, 0.25) is 6.04 Å². The molecule has 0 saturated carbocycles. The molecule has 0 aromatic carbocycles. The summed E-state index contributed by atoms with van der Waals surface area (Å²) in [7, 11) is -0.279. The van der Waals surface area contributed by atoms with E-state index in [1.807, 2.05) is 6.92 Å². The summed E-state index contributed by atoms with van der Waals surface area (Å²) in [4.78, 5) is 0. The van der Waals surface area contributed by atoms with Crippen molar-refractivity contribution in [2.75, 3.05) is 18.9 Å². The number of nitrogens with one attached hydrogen (secondary N) is 1. The van der Waals surface area contributed by atoms with Gasteiger partial charge in [-0.15, -0.1) is 0 Å². The van der Waals surface area contributed by atoms with Crippen molar-refractivity contribution in [3.63, 3.8) is 0 Å². The fraction of sp³-hybridized carbons (Fsp3) is 1.00. The molecule has 0 spiro atoms. The van der Waals surface area contributed by atoms with Crippen molar-refractivity contribution in [2.24, 2.45) is 0 Å². The van der Waals surface area contributed by atoms with Gasteiger partial charge in [0.15, 0.2) is 0 Å². The molecule has 3 nitrogen and oxygen atoms in total. The first-order chi connectivity index (χ1) is 5.31. The van der Waals surface area contributed by atoms with Crippen LogP contribution in [-0.2, 0) is 15.4 Å². The lowest BCUT2D eigenvalue weighted by Crippen LogP contribution is -2.23. The third kappa shape index (κ3) is 8.19. The van der Waals surface area contributed by atoms with E-state index in [4.69, 9.17) is 4.43 Å². The van der Waals surface area contributed by atoms with Crippen LogP contribution in [0.1, 0.15) is 13.8 Å². The van der Waals surface area contributed by atoms with Crippen LogP contribution in [0, 0.1) is 0 Å². The van der Waals surface area contributed by atoms with Gasteiger partial charge in [-0.3, -0.25) is 0 Å². The van der Waals surface area contributed by atoms with Gasteiger partial charge < -0.3 is 4.43 Å². The van der Waals surface area contributed by atoms with Gasteiger partial charge in [-0.05, 0) is 6.04 Å². The summed E-state index contributed by atoms with van der Waals surface area (Å²) in [6.07, 6.45) is 0. The van der Waals surface area contributed by atoms with Crippen molar-refractivity contribution in [1.29, 1.82) is 0 Å². The molecule has 0 amide bonds. The van der Waals surface area contributed by atoms with Crippen LogP contribution in [0.25, 0.3) is 0 Å². The summed E-state index contributed by atoms with van der Waals surface area (Å²) in [6, 6.07) is 1.07. The lowest BCUT2D eigenvalue weighted by atomic mass is 10.8. The SMILES string of the molecule is CC[Si]OCCNS(=O)CC. The number of rotatable bonds is 7. The maximum absolute atomic E-state index is 10.8. The largest absolute Gasteiger partial charge is 0.416 e. The normalized spacial score (nSPS) is 13.3.